The van der Waals surface area contributed by atoms with Gasteiger partial charge in [0.05, 0.1) is 0 Å². The molecular formula is C14H24N6O. The highest BCUT2D eigenvalue weighted by molar-refractivity contribution is 5.90. The van der Waals surface area contributed by atoms with Crippen LogP contribution in [0.4, 0.5) is 5.82 Å². The van der Waals surface area contributed by atoms with E-state index in [4.69, 9.17) is 11.5 Å². The van der Waals surface area contributed by atoms with Crippen molar-refractivity contribution in [3.8, 4) is 0 Å². The fourth-order valence-electron chi connectivity index (χ4n) is 2.72. The summed E-state index contributed by atoms with van der Waals surface area (Å²) in [5.41, 5.74) is 11.2. The molecule has 0 bridgehead atoms. The quantitative estimate of drug-likeness (QED) is 0.754. The number of carbonyl (C=O) groups is 1. The van der Waals surface area contributed by atoms with E-state index >= 15 is 0 Å². The number of amides is 1. The van der Waals surface area contributed by atoms with Crippen molar-refractivity contribution < 1.29 is 4.79 Å². The lowest BCUT2D eigenvalue weighted by Gasteiger charge is -2.39. The third-order valence-corrected chi connectivity index (χ3v) is 3.95. The molecule has 116 valence electrons. The Morgan fingerprint density at radius 1 is 1.29 bits per heavy atom. The SMILES string of the molecule is CCCC(CN)N1CCN(c2ccc(C(N)=O)nn2)CC1. The van der Waals surface area contributed by atoms with E-state index in [0.717, 1.165) is 44.8 Å². The Balaban J connectivity index is 1.92. The average Bonchev–Trinajstić information content (AvgIpc) is 2.53. The summed E-state index contributed by atoms with van der Waals surface area (Å²) in [7, 11) is 0. The molecule has 0 spiro atoms. The Morgan fingerprint density at radius 3 is 2.48 bits per heavy atom. The lowest BCUT2D eigenvalue weighted by atomic mass is 10.1. The summed E-state index contributed by atoms with van der Waals surface area (Å²) in [6.45, 7) is 6.63. The second-order valence-electron chi connectivity index (χ2n) is 5.34. The van der Waals surface area contributed by atoms with E-state index in [-0.39, 0.29) is 5.69 Å². The fraction of sp³-hybridized carbons (Fsp3) is 0.643. The van der Waals surface area contributed by atoms with Gasteiger partial charge in [-0.25, -0.2) is 0 Å². The largest absolute Gasteiger partial charge is 0.364 e. The van der Waals surface area contributed by atoms with E-state index in [9.17, 15) is 4.79 Å². The summed E-state index contributed by atoms with van der Waals surface area (Å²) in [5, 5.41) is 7.94. The van der Waals surface area contributed by atoms with Crippen LogP contribution in [0.1, 0.15) is 30.3 Å². The van der Waals surface area contributed by atoms with Crippen LogP contribution < -0.4 is 16.4 Å². The zero-order chi connectivity index (χ0) is 15.2. The minimum absolute atomic E-state index is 0.198. The smallest absolute Gasteiger partial charge is 0.269 e. The summed E-state index contributed by atoms with van der Waals surface area (Å²) in [5.74, 6) is 0.240. The summed E-state index contributed by atoms with van der Waals surface area (Å²) >= 11 is 0. The molecule has 1 aromatic heterocycles. The molecule has 4 N–H and O–H groups in total. The molecule has 1 fully saturated rings. The van der Waals surface area contributed by atoms with Crippen molar-refractivity contribution in [1.82, 2.24) is 15.1 Å². The van der Waals surface area contributed by atoms with Crippen LogP contribution in [0, 0.1) is 0 Å². The molecule has 7 nitrogen and oxygen atoms in total. The second-order valence-corrected chi connectivity index (χ2v) is 5.34. The Bertz CT molecular complexity index is 455. The third kappa shape index (κ3) is 3.89. The number of piperazine rings is 1. The maximum atomic E-state index is 11.0. The van der Waals surface area contributed by atoms with E-state index in [1.165, 1.54) is 0 Å². The first-order chi connectivity index (χ1) is 10.2. The first-order valence-corrected chi connectivity index (χ1v) is 7.48. The fourth-order valence-corrected chi connectivity index (χ4v) is 2.72. The van der Waals surface area contributed by atoms with Gasteiger partial charge in [-0.1, -0.05) is 13.3 Å². The molecule has 2 rings (SSSR count). The van der Waals surface area contributed by atoms with Gasteiger partial charge in [-0.3, -0.25) is 9.69 Å². The summed E-state index contributed by atoms with van der Waals surface area (Å²) in [6.07, 6.45) is 2.30. The molecule has 0 aromatic carbocycles. The zero-order valence-electron chi connectivity index (χ0n) is 12.5. The highest BCUT2D eigenvalue weighted by Gasteiger charge is 2.23. The van der Waals surface area contributed by atoms with Crippen molar-refractivity contribution in [2.75, 3.05) is 37.6 Å². The molecule has 21 heavy (non-hydrogen) atoms. The van der Waals surface area contributed by atoms with Crippen LogP contribution in [0.25, 0.3) is 0 Å². The average molecular weight is 292 g/mol. The minimum Gasteiger partial charge on any atom is -0.364 e. The van der Waals surface area contributed by atoms with E-state index < -0.39 is 5.91 Å². The Morgan fingerprint density at radius 2 is 2.00 bits per heavy atom. The van der Waals surface area contributed by atoms with E-state index in [0.29, 0.717) is 12.6 Å². The van der Waals surface area contributed by atoms with Gasteiger partial charge in [-0.2, -0.15) is 0 Å². The van der Waals surface area contributed by atoms with E-state index in [2.05, 4.69) is 26.9 Å². The molecule has 1 aliphatic heterocycles. The van der Waals surface area contributed by atoms with Crippen molar-refractivity contribution in [2.45, 2.75) is 25.8 Å². The van der Waals surface area contributed by atoms with Crippen LogP contribution in [-0.4, -0.2) is 59.8 Å². The van der Waals surface area contributed by atoms with Crippen molar-refractivity contribution >= 4 is 11.7 Å². The molecule has 1 amide bonds. The van der Waals surface area contributed by atoms with Crippen molar-refractivity contribution in [3.05, 3.63) is 17.8 Å². The predicted molar refractivity (Wildman–Crippen MR) is 82.1 cm³/mol. The Kier molecular flexibility index (Phi) is 5.46. The molecule has 1 aliphatic rings. The molecule has 1 atom stereocenters. The number of aromatic nitrogens is 2. The normalized spacial score (nSPS) is 17.7. The lowest BCUT2D eigenvalue weighted by Crippen LogP contribution is -2.52. The van der Waals surface area contributed by atoms with Crippen LogP contribution in [0.2, 0.25) is 0 Å². The number of carbonyl (C=O) groups excluding carboxylic acids is 1. The van der Waals surface area contributed by atoms with Crippen molar-refractivity contribution in [3.63, 3.8) is 0 Å². The van der Waals surface area contributed by atoms with Crippen LogP contribution in [0.3, 0.4) is 0 Å². The molecule has 1 saturated heterocycles. The van der Waals surface area contributed by atoms with Gasteiger partial charge in [-0.05, 0) is 18.6 Å². The van der Waals surface area contributed by atoms with Gasteiger partial charge >= 0.3 is 0 Å². The maximum absolute atomic E-state index is 11.0. The number of rotatable bonds is 6. The molecule has 2 heterocycles. The van der Waals surface area contributed by atoms with Gasteiger partial charge < -0.3 is 16.4 Å². The first kappa shape index (κ1) is 15.7. The van der Waals surface area contributed by atoms with Gasteiger partial charge in [0, 0.05) is 38.8 Å². The predicted octanol–water partition coefficient (Wildman–Crippen LogP) is -0.175. The number of nitrogens with zero attached hydrogens (tertiary/aromatic N) is 4. The van der Waals surface area contributed by atoms with Crippen LogP contribution in [-0.2, 0) is 0 Å². The molecule has 1 aromatic rings. The lowest BCUT2D eigenvalue weighted by molar-refractivity contribution is 0.0994. The minimum atomic E-state index is -0.552. The standard InChI is InChI=1S/C14H24N6O/c1-2-3-11(10-15)19-6-8-20(9-7-19)13-5-4-12(14(16)21)17-18-13/h4-5,11H,2-3,6-10,15H2,1H3,(H2,16,21). The zero-order valence-corrected chi connectivity index (χ0v) is 12.5. The number of hydrogen-bond acceptors (Lipinski definition) is 6. The third-order valence-electron chi connectivity index (χ3n) is 3.95. The Labute approximate surface area is 125 Å². The Hall–Kier alpha value is -1.73. The molecule has 1 unspecified atom stereocenters. The van der Waals surface area contributed by atoms with Gasteiger partial charge in [-0.15, -0.1) is 10.2 Å². The van der Waals surface area contributed by atoms with Gasteiger partial charge in [0.1, 0.15) is 0 Å². The van der Waals surface area contributed by atoms with Gasteiger partial charge in [0.15, 0.2) is 11.5 Å². The van der Waals surface area contributed by atoms with Gasteiger partial charge in [0.2, 0.25) is 0 Å². The van der Waals surface area contributed by atoms with E-state index in [1.807, 2.05) is 0 Å². The second kappa shape index (κ2) is 7.33. The number of hydrogen-bond donors (Lipinski definition) is 2. The molecule has 0 radical (unpaired) electrons. The van der Waals surface area contributed by atoms with Gasteiger partial charge in [0.25, 0.3) is 5.91 Å². The van der Waals surface area contributed by atoms with Crippen LogP contribution in [0.15, 0.2) is 12.1 Å². The topological polar surface area (TPSA) is 101 Å². The first-order valence-electron chi connectivity index (χ1n) is 7.48. The highest BCUT2D eigenvalue weighted by Crippen LogP contribution is 2.15. The van der Waals surface area contributed by atoms with Crippen LogP contribution >= 0.6 is 0 Å². The summed E-state index contributed by atoms with van der Waals surface area (Å²) in [4.78, 5) is 15.6. The molecule has 7 heteroatoms. The van der Waals surface area contributed by atoms with E-state index in [1.54, 1.807) is 12.1 Å². The highest BCUT2D eigenvalue weighted by atomic mass is 16.1. The summed E-state index contributed by atoms with van der Waals surface area (Å²) < 4.78 is 0. The molecule has 0 saturated carbocycles. The van der Waals surface area contributed by atoms with Crippen molar-refractivity contribution in [1.29, 1.82) is 0 Å². The monoisotopic (exact) mass is 292 g/mol. The maximum Gasteiger partial charge on any atom is 0.269 e. The van der Waals surface area contributed by atoms with Crippen LogP contribution in [0.5, 0.6) is 0 Å². The van der Waals surface area contributed by atoms with Crippen molar-refractivity contribution in [2.24, 2.45) is 11.5 Å². The molecule has 0 aliphatic carbocycles. The summed E-state index contributed by atoms with van der Waals surface area (Å²) in [6, 6.07) is 3.90. The number of primary amides is 1. The number of nitrogens with two attached hydrogens (primary N) is 2. The molecular weight excluding hydrogens is 268 g/mol. The number of anilines is 1.